The first-order chi connectivity index (χ1) is 11.8. The molecule has 0 aliphatic rings. The summed E-state index contributed by atoms with van der Waals surface area (Å²) in [4.78, 5) is 23.6. The molecule has 2 rings (SSSR count). The minimum Gasteiger partial charge on any atom is -0.346 e. The Morgan fingerprint density at radius 1 is 1.20 bits per heavy atom. The van der Waals surface area contributed by atoms with Crippen LogP contribution in [0.3, 0.4) is 0 Å². The second-order valence-corrected chi connectivity index (χ2v) is 6.73. The van der Waals surface area contributed by atoms with Crippen molar-refractivity contribution in [2.75, 3.05) is 11.9 Å². The molecule has 134 valence electrons. The molecule has 0 saturated carbocycles. The van der Waals surface area contributed by atoms with E-state index in [9.17, 15) is 9.59 Å². The quantitative estimate of drug-likeness (QED) is 0.613. The topological polar surface area (TPSA) is 113 Å². The van der Waals surface area contributed by atoms with Gasteiger partial charge in [0, 0.05) is 21.7 Å². The number of nitrogens with two attached hydrogens (primary N) is 1. The summed E-state index contributed by atoms with van der Waals surface area (Å²) >= 11 is 11.9. The third-order valence-electron chi connectivity index (χ3n) is 3.46. The van der Waals surface area contributed by atoms with Crippen LogP contribution in [0.5, 0.6) is 0 Å². The molecule has 0 radical (unpaired) electrons. The van der Waals surface area contributed by atoms with Gasteiger partial charge in [-0.1, -0.05) is 37.0 Å². The summed E-state index contributed by atoms with van der Waals surface area (Å²) in [6.45, 7) is 3.47. The lowest BCUT2D eigenvalue weighted by Crippen LogP contribution is -2.46. The van der Waals surface area contributed by atoms with Gasteiger partial charge in [-0.2, -0.15) is 5.10 Å². The lowest BCUT2D eigenvalue weighted by Gasteiger charge is -2.14. The number of hydrogen-bond acceptors (Lipinski definition) is 4. The Bertz CT molecular complexity index is 755. The maximum atomic E-state index is 11.9. The molecule has 1 heterocycles. The van der Waals surface area contributed by atoms with Gasteiger partial charge < -0.3 is 16.4 Å². The van der Waals surface area contributed by atoms with Crippen molar-refractivity contribution in [2.24, 2.45) is 11.7 Å². The van der Waals surface area contributed by atoms with E-state index in [1.165, 1.54) is 0 Å². The normalized spacial score (nSPS) is 12.1. The number of aromatic amines is 1. The third kappa shape index (κ3) is 5.45. The van der Waals surface area contributed by atoms with Gasteiger partial charge in [-0.05, 0) is 24.1 Å². The first-order valence-corrected chi connectivity index (χ1v) is 8.37. The third-order valence-corrected chi connectivity index (χ3v) is 3.90. The molecule has 7 nitrogen and oxygen atoms in total. The van der Waals surface area contributed by atoms with Crippen molar-refractivity contribution in [3.8, 4) is 11.3 Å². The van der Waals surface area contributed by atoms with Crippen LogP contribution in [0.1, 0.15) is 13.8 Å². The highest BCUT2D eigenvalue weighted by atomic mass is 35.5. The summed E-state index contributed by atoms with van der Waals surface area (Å²) in [7, 11) is 0. The molecule has 0 aliphatic carbocycles. The van der Waals surface area contributed by atoms with E-state index in [4.69, 9.17) is 28.9 Å². The van der Waals surface area contributed by atoms with Gasteiger partial charge in [-0.15, -0.1) is 0 Å². The number of amides is 2. The average molecular weight is 384 g/mol. The number of nitrogens with zero attached hydrogens (tertiary/aromatic N) is 1. The van der Waals surface area contributed by atoms with Crippen molar-refractivity contribution < 1.29 is 9.59 Å². The first kappa shape index (κ1) is 19.2. The number of H-pyrrole nitrogens is 1. The predicted octanol–water partition coefficient (Wildman–Crippen LogP) is 2.42. The largest absolute Gasteiger partial charge is 0.346 e. The molecule has 9 heteroatoms. The Morgan fingerprint density at radius 3 is 2.44 bits per heavy atom. The number of hydrogen-bond donors (Lipinski definition) is 4. The van der Waals surface area contributed by atoms with Gasteiger partial charge in [0.1, 0.15) is 0 Å². The van der Waals surface area contributed by atoms with E-state index < -0.39 is 11.9 Å². The van der Waals surface area contributed by atoms with E-state index in [1.54, 1.807) is 24.3 Å². The molecule has 0 aliphatic heterocycles. The van der Waals surface area contributed by atoms with Crippen LogP contribution >= 0.6 is 23.2 Å². The molecule has 0 spiro atoms. The molecule has 1 aromatic carbocycles. The highest BCUT2D eigenvalue weighted by molar-refractivity contribution is 6.35. The Labute approximate surface area is 155 Å². The average Bonchev–Trinajstić information content (AvgIpc) is 2.99. The number of carbonyl (C=O) groups is 2. The van der Waals surface area contributed by atoms with E-state index in [-0.39, 0.29) is 18.4 Å². The fraction of sp³-hybridized carbons (Fsp3) is 0.312. The number of carbonyl (C=O) groups excluding carboxylic acids is 2. The lowest BCUT2D eigenvalue weighted by atomic mass is 10.1. The molecular formula is C16H19Cl2N5O2. The highest BCUT2D eigenvalue weighted by Gasteiger charge is 2.18. The second-order valence-electron chi connectivity index (χ2n) is 5.86. The van der Waals surface area contributed by atoms with Crippen molar-refractivity contribution in [2.45, 2.75) is 19.9 Å². The van der Waals surface area contributed by atoms with E-state index in [2.05, 4.69) is 20.8 Å². The fourth-order valence-corrected chi connectivity index (χ4v) is 2.54. The monoisotopic (exact) mass is 383 g/mol. The van der Waals surface area contributed by atoms with Crippen LogP contribution in [0.15, 0.2) is 24.3 Å². The minimum absolute atomic E-state index is 0.0125. The molecule has 5 N–H and O–H groups in total. The van der Waals surface area contributed by atoms with Gasteiger partial charge in [0.2, 0.25) is 11.8 Å². The molecule has 0 unspecified atom stereocenters. The second kappa shape index (κ2) is 8.33. The van der Waals surface area contributed by atoms with Crippen molar-refractivity contribution in [1.82, 2.24) is 15.5 Å². The fourth-order valence-electron chi connectivity index (χ4n) is 2.02. The summed E-state index contributed by atoms with van der Waals surface area (Å²) in [5.74, 6) is -0.479. The molecular weight excluding hydrogens is 365 g/mol. The summed E-state index contributed by atoms with van der Waals surface area (Å²) in [5, 5.41) is 12.8. The molecule has 2 amide bonds. The highest BCUT2D eigenvalue weighted by Crippen LogP contribution is 2.27. The van der Waals surface area contributed by atoms with Crippen LogP contribution in [0.2, 0.25) is 10.0 Å². The zero-order valence-corrected chi connectivity index (χ0v) is 15.3. The Balaban J connectivity index is 1.94. The molecule has 2 aromatic rings. The maximum absolute atomic E-state index is 11.9. The molecule has 0 fully saturated rings. The number of anilines is 1. The molecule has 0 saturated heterocycles. The Kier molecular flexibility index (Phi) is 6.41. The smallest absolute Gasteiger partial charge is 0.244 e. The van der Waals surface area contributed by atoms with Crippen molar-refractivity contribution in [1.29, 1.82) is 0 Å². The van der Waals surface area contributed by atoms with Crippen molar-refractivity contribution in [3.05, 3.63) is 34.3 Å². The van der Waals surface area contributed by atoms with Gasteiger partial charge in [-0.25, -0.2) is 0 Å². The van der Waals surface area contributed by atoms with E-state index in [1.807, 2.05) is 13.8 Å². The number of benzene rings is 1. The Morgan fingerprint density at radius 2 is 1.84 bits per heavy atom. The van der Waals surface area contributed by atoms with Crippen LogP contribution in [0.4, 0.5) is 5.82 Å². The molecule has 25 heavy (non-hydrogen) atoms. The van der Waals surface area contributed by atoms with Gasteiger partial charge in [0.15, 0.2) is 5.82 Å². The van der Waals surface area contributed by atoms with E-state index >= 15 is 0 Å². The molecule has 1 atom stereocenters. The predicted molar refractivity (Wildman–Crippen MR) is 98.5 cm³/mol. The number of nitrogens with one attached hydrogen (secondary N) is 3. The van der Waals surface area contributed by atoms with Gasteiger partial charge in [-0.3, -0.25) is 14.7 Å². The van der Waals surface area contributed by atoms with Crippen molar-refractivity contribution >= 4 is 40.8 Å². The van der Waals surface area contributed by atoms with Gasteiger partial charge >= 0.3 is 0 Å². The van der Waals surface area contributed by atoms with E-state index in [0.717, 1.165) is 5.56 Å². The molecule has 0 bridgehead atoms. The zero-order valence-electron chi connectivity index (χ0n) is 13.8. The SMILES string of the molecule is CC(C)[C@H](N)C(=O)NCC(=O)Nc1cc(-c2cc(Cl)cc(Cl)c2)[nH]n1. The summed E-state index contributed by atoms with van der Waals surface area (Å²) < 4.78 is 0. The number of rotatable bonds is 6. The van der Waals surface area contributed by atoms with Crippen LogP contribution in [-0.2, 0) is 9.59 Å². The first-order valence-electron chi connectivity index (χ1n) is 7.61. The van der Waals surface area contributed by atoms with Crippen molar-refractivity contribution in [3.63, 3.8) is 0 Å². The van der Waals surface area contributed by atoms with Crippen LogP contribution in [0, 0.1) is 5.92 Å². The summed E-state index contributed by atoms with van der Waals surface area (Å²) in [6, 6.07) is 6.05. The van der Waals surface area contributed by atoms with Crippen LogP contribution in [-0.4, -0.2) is 34.6 Å². The van der Waals surface area contributed by atoms with Crippen LogP contribution in [0.25, 0.3) is 11.3 Å². The van der Waals surface area contributed by atoms with Crippen LogP contribution < -0.4 is 16.4 Å². The lowest BCUT2D eigenvalue weighted by molar-refractivity contribution is -0.125. The van der Waals surface area contributed by atoms with Gasteiger partial charge in [0.25, 0.3) is 0 Å². The summed E-state index contributed by atoms with van der Waals surface area (Å²) in [5.41, 5.74) is 7.09. The minimum atomic E-state index is -0.655. The zero-order chi connectivity index (χ0) is 18.6. The molecule has 1 aromatic heterocycles. The van der Waals surface area contributed by atoms with Gasteiger partial charge in [0.05, 0.1) is 18.3 Å². The number of halogens is 2. The van der Waals surface area contributed by atoms with E-state index in [0.29, 0.717) is 21.6 Å². The summed E-state index contributed by atoms with van der Waals surface area (Å²) in [6.07, 6.45) is 0. The number of aromatic nitrogens is 2. The Hall–Kier alpha value is -2.09. The maximum Gasteiger partial charge on any atom is 0.244 e. The standard InChI is InChI=1S/C16H19Cl2N5O2/c1-8(2)15(19)16(25)20-7-14(24)21-13-6-12(22-23-13)9-3-10(17)5-11(18)4-9/h3-6,8,15H,7,19H2,1-2H3,(H,20,25)(H2,21,22,23,24)/t15-/m0/s1.